The highest BCUT2D eigenvalue weighted by atomic mass is 32.1. The van der Waals surface area contributed by atoms with Gasteiger partial charge in [-0.15, -0.1) is 12.6 Å². The lowest BCUT2D eigenvalue weighted by Crippen LogP contribution is -2.03. The minimum atomic E-state index is 0.510. The molecule has 0 aliphatic carbocycles. The van der Waals surface area contributed by atoms with Crippen LogP contribution in [0.4, 0.5) is 5.69 Å². The lowest BCUT2D eigenvalue weighted by atomic mass is 10.1. The van der Waals surface area contributed by atoms with Gasteiger partial charge in [-0.05, 0) is 18.1 Å². The Kier molecular flexibility index (Phi) is 3.56. The molecule has 0 aliphatic heterocycles. The summed E-state index contributed by atoms with van der Waals surface area (Å²) >= 11 is 8.85. The number of thiocarbonyl (C=S) groups is 1. The highest BCUT2D eigenvalue weighted by Gasteiger charge is 1.98. The number of nitrogens with one attached hydrogen (secondary N) is 1. The molecule has 0 atom stereocenters. The van der Waals surface area contributed by atoms with E-state index < -0.39 is 0 Å². The fourth-order valence-electron chi connectivity index (χ4n) is 1.07. The Morgan fingerprint density at radius 3 is 2.75 bits per heavy atom. The molecule has 1 rings (SSSR count). The molecule has 12 heavy (non-hydrogen) atoms. The summed E-state index contributed by atoms with van der Waals surface area (Å²) in [5.41, 5.74) is 2.31. The van der Waals surface area contributed by atoms with Gasteiger partial charge in [-0.1, -0.05) is 37.3 Å². The molecule has 0 aromatic heterocycles. The van der Waals surface area contributed by atoms with Gasteiger partial charge in [-0.2, -0.15) is 0 Å². The SMILES string of the molecule is CCc1ccccc1NC(=S)S. The van der Waals surface area contributed by atoms with Crippen LogP contribution in [0.2, 0.25) is 0 Å². The Balaban J connectivity index is 2.89. The molecule has 0 amide bonds. The Morgan fingerprint density at radius 1 is 1.50 bits per heavy atom. The number of thiol groups is 1. The van der Waals surface area contributed by atoms with E-state index in [0.29, 0.717) is 4.32 Å². The zero-order chi connectivity index (χ0) is 8.97. The van der Waals surface area contributed by atoms with E-state index in [2.05, 4.69) is 30.9 Å². The maximum Gasteiger partial charge on any atom is 0.135 e. The molecule has 0 fully saturated rings. The number of hydrogen-bond acceptors (Lipinski definition) is 1. The van der Waals surface area contributed by atoms with Crippen LogP contribution in [-0.2, 0) is 6.42 Å². The van der Waals surface area contributed by atoms with Crippen LogP contribution in [-0.4, -0.2) is 4.32 Å². The Bertz CT molecular complexity index is 284. The third-order valence-corrected chi connectivity index (χ3v) is 1.85. The van der Waals surface area contributed by atoms with Crippen LogP contribution in [0.15, 0.2) is 24.3 Å². The highest BCUT2D eigenvalue weighted by molar-refractivity contribution is 8.11. The van der Waals surface area contributed by atoms with Crippen molar-refractivity contribution in [3.8, 4) is 0 Å². The van der Waals surface area contributed by atoms with E-state index in [-0.39, 0.29) is 0 Å². The number of anilines is 1. The van der Waals surface area contributed by atoms with Gasteiger partial charge >= 0.3 is 0 Å². The van der Waals surface area contributed by atoms with Crippen LogP contribution in [0, 0.1) is 0 Å². The van der Waals surface area contributed by atoms with Gasteiger partial charge in [-0.3, -0.25) is 0 Å². The second-order valence-corrected chi connectivity index (χ2v) is 3.60. The molecular weight excluding hydrogens is 186 g/mol. The first-order valence-corrected chi connectivity index (χ1v) is 4.67. The Hall–Kier alpha value is -0.540. The average Bonchev–Trinajstić information content (AvgIpc) is 2.04. The molecule has 0 aliphatic rings. The second-order valence-electron chi connectivity index (χ2n) is 2.44. The lowest BCUT2D eigenvalue weighted by Gasteiger charge is -2.07. The summed E-state index contributed by atoms with van der Waals surface area (Å²) in [4.78, 5) is 0. The van der Waals surface area contributed by atoms with E-state index in [1.54, 1.807) is 0 Å². The molecule has 1 N–H and O–H groups in total. The standard InChI is InChI=1S/C9H11NS2/c1-2-7-5-3-4-6-8(7)10-9(11)12/h3-6H,2H2,1H3,(H2,10,11,12). The fourth-order valence-corrected chi connectivity index (χ4v) is 1.30. The summed E-state index contributed by atoms with van der Waals surface area (Å²) in [6, 6.07) is 8.08. The molecule has 0 saturated heterocycles. The van der Waals surface area contributed by atoms with Crippen LogP contribution in [0.1, 0.15) is 12.5 Å². The average molecular weight is 197 g/mol. The van der Waals surface area contributed by atoms with Crippen molar-refractivity contribution < 1.29 is 0 Å². The number of benzene rings is 1. The van der Waals surface area contributed by atoms with E-state index in [9.17, 15) is 0 Å². The summed E-state index contributed by atoms with van der Waals surface area (Å²) in [5.74, 6) is 0. The van der Waals surface area contributed by atoms with Gasteiger partial charge in [-0.25, -0.2) is 0 Å². The molecule has 1 aromatic carbocycles. The van der Waals surface area contributed by atoms with Gasteiger partial charge in [0.1, 0.15) is 4.32 Å². The van der Waals surface area contributed by atoms with Crippen molar-refractivity contribution in [1.29, 1.82) is 0 Å². The maximum absolute atomic E-state index is 4.84. The quantitative estimate of drug-likeness (QED) is 0.558. The molecule has 0 spiro atoms. The monoisotopic (exact) mass is 197 g/mol. The first kappa shape index (κ1) is 9.55. The second kappa shape index (κ2) is 4.48. The van der Waals surface area contributed by atoms with Gasteiger partial charge in [0.05, 0.1) is 0 Å². The summed E-state index contributed by atoms with van der Waals surface area (Å²) in [6.45, 7) is 2.11. The third-order valence-electron chi connectivity index (χ3n) is 1.64. The summed E-state index contributed by atoms with van der Waals surface area (Å²) in [5, 5.41) is 3.02. The van der Waals surface area contributed by atoms with E-state index >= 15 is 0 Å². The van der Waals surface area contributed by atoms with Crippen molar-refractivity contribution in [1.82, 2.24) is 0 Å². The van der Waals surface area contributed by atoms with Crippen molar-refractivity contribution in [2.45, 2.75) is 13.3 Å². The van der Waals surface area contributed by atoms with E-state index in [1.807, 2.05) is 18.2 Å². The van der Waals surface area contributed by atoms with E-state index in [0.717, 1.165) is 12.1 Å². The maximum atomic E-state index is 4.84. The molecule has 3 heteroatoms. The largest absolute Gasteiger partial charge is 0.341 e. The Morgan fingerprint density at radius 2 is 2.17 bits per heavy atom. The molecule has 0 bridgehead atoms. The minimum Gasteiger partial charge on any atom is -0.341 e. The third kappa shape index (κ3) is 2.50. The molecule has 64 valence electrons. The normalized spacial score (nSPS) is 9.50. The van der Waals surface area contributed by atoms with Crippen LogP contribution in [0.5, 0.6) is 0 Å². The zero-order valence-corrected chi connectivity index (χ0v) is 8.58. The van der Waals surface area contributed by atoms with E-state index in [4.69, 9.17) is 12.2 Å². The van der Waals surface area contributed by atoms with Crippen molar-refractivity contribution in [3.05, 3.63) is 29.8 Å². The highest BCUT2D eigenvalue weighted by Crippen LogP contribution is 2.15. The van der Waals surface area contributed by atoms with Crippen molar-refractivity contribution in [2.75, 3.05) is 5.32 Å². The van der Waals surface area contributed by atoms with Gasteiger partial charge in [0.25, 0.3) is 0 Å². The Labute approximate surface area is 83.6 Å². The topological polar surface area (TPSA) is 12.0 Å². The smallest absolute Gasteiger partial charge is 0.135 e. The van der Waals surface area contributed by atoms with E-state index in [1.165, 1.54) is 5.56 Å². The van der Waals surface area contributed by atoms with Crippen LogP contribution < -0.4 is 5.32 Å². The lowest BCUT2D eigenvalue weighted by molar-refractivity contribution is 1.14. The number of hydrogen-bond donors (Lipinski definition) is 2. The summed E-state index contributed by atoms with van der Waals surface area (Å²) in [6.07, 6.45) is 1.000. The predicted octanol–water partition coefficient (Wildman–Crippen LogP) is 2.88. The number of rotatable bonds is 2. The molecule has 0 unspecified atom stereocenters. The van der Waals surface area contributed by atoms with Crippen LogP contribution >= 0.6 is 24.8 Å². The molecule has 0 radical (unpaired) electrons. The molecular formula is C9H11NS2. The summed E-state index contributed by atoms with van der Waals surface area (Å²) < 4.78 is 0.510. The van der Waals surface area contributed by atoms with Gasteiger partial charge in [0, 0.05) is 5.69 Å². The zero-order valence-electron chi connectivity index (χ0n) is 6.87. The minimum absolute atomic E-state index is 0.510. The van der Waals surface area contributed by atoms with Gasteiger partial charge < -0.3 is 5.32 Å². The molecule has 0 heterocycles. The molecule has 0 saturated carbocycles. The predicted molar refractivity (Wildman–Crippen MR) is 61.0 cm³/mol. The first-order valence-electron chi connectivity index (χ1n) is 3.82. The van der Waals surface area contributed by atoms with Crippen molar-refractivity contribution in [3.63, 3.8) is 0 Å². The first-order chi connectivity index (χ1) is 5.74. The van der Waals surface area contributed by atoms with Crippen LogP contribution in [0.25, 0.3) is 0 Å². The number of para-hydroxylation sites is 1. The summed E-state index contributed by atoms with van der Waals surface area (Å²) in [7, 11) is 0. The number of aryl methyl sites for hydroxylation is 1. The van der Waals surface area contributed by atoms with Gasteiger partial charge in [0.15, 0.2) is 0 Å². The molecule has 1 nitrogen and oxygen atoms in total. The van der Waals surface area contributed by atoms with Crippen LogP contribution in [0.3, 0.4) is 0 Å². The van der Waals surface area contributed by atoms with Gasteiger partial charge in [0.2, 0.25) is 0 Å². The molecule has 1 aromatic rings. The van der Waals surface area contributed by atoms with Crippen molar-refractivity contribution in [2.24, 2.45) is 0 Å². The van der Waals surface area contributed by atoms with Crippen molar-refractivity contribution >= 4 is 34.9 Å². The fraction of sp³-hybridized carbons (Fsp3) is 0.222.